The number of anilines is 2. The molecule has 1 amide bonds. The van der Waals surface area contributed by atoms with Crippen LogP contribution in [0.15, 0.2) is 88.7 Å². The maximum Gasteiger partial charge on any atom is 0.264 e. The van der Waals surface area contributed by atoms with Gasteiger partial charge in [-0.2, -0.15) is 4.31 Å². The average Bonchev–Trinajstić information content (AvgIpc) is 2.88. The fourth-order valence-electron chi connectivity index (χ4n) is 3.64. The molecule has 0 aromatic heterocycles. The Morgan fingerprint density at radius 2 is 1.56 bits per heavy atom. The molecule has 0 unspecified atom stereocenters. The summed E-state index contributed by atoms with van der Waals surface area (Å²) in [7, 11) is -7.75. The molecular weight excluding hydrogens is 526 g/mol. The van der Waals surface area contributed by atoms with E-state index in [4.69, 9.17) is 16.3 Å². The summed E-state index contributed by atoms with van der Waals surface area (Å²) < 4.78 is 59.8. The van der Waals surface area contributed by atoms with Crippen molar-refractivity contribution in [3.8, 4) is 0 Å². The van der Waals surface area contributed by atoms with Crippen LogP contribution in [0.4, 0.5) is 11.4 Å². The van der Waals surface area contributed by atoms with Crippen molar-refractivity contribution in [3.05, 3.63) is 83.9 Å². The number of carbonyl (C=O) groups excluding carboxylic acids is 1. The molecule has 3 aromatic carbocycles. The lowest BCUT2D eigenvalue weighted by Crippen LogP contribution is -2.40. The van der Waals surface area contributed by atoms with E-state index >= 15 is 0 Å². The number of amides is 1. The number of rotatable bonds is 8. The second-order valence-electron chi connectivity index (χ2n) is 7.89. The van der Waals surface area contributed by atoms with E-state index in [1.807, 2.05) is 0 Å². The Bertz CT molecular complexity index is 1430. The highest BCUT2D eigenvalue weighted by molar-refractivity contribution is 7.92. The molecule has 4 rings (SSSR count). The molecule has 190 valence electrons. The Labute approximate surface area is 215 Å². The Balaban J connectivity index is 1.53. The average molecular weight is 550 g/mol. The lowest BCUT2D eigenvalue weighted by Gasteiger charge is -2.26. The molecule has 1 N–H and O–H groups in total. The Morgan fingerprint density at radius 3 is 2.19 bits per heavy atom. The van der Waals surface area contributed by atoms with Gasteiger partial charge in [-0.05, 0) is 54.6 Å². The second-order valence-corrected chi connectivity index (χ2v) is 12.1. The quantitative estimate of drug-likeness (QED) is 0.462. The van der Waals surface area contributed by atoms with Crippen molar-refractivity contribution < 1.29 is 26.4 Å². The maximum atomic E-state index is 13.4. The first kappa shape index (κ1) is 26.1. The first-order valence-corrected chi connectivity index (χ1v) is 14.2. The third kappa shape index (κ3) is 5.88. The normalized spacial score (nSPS) is 14.8. The molecule has 0 spiro atoms. The molecule has 1 aliphatic heterocycles. The standard InChI is InChI=1S/C24H24ClN3O6S2/c25-19-5-4-6-21(17-19)28(36(32,33)22-7-2-1-3-8-22)18-24(29)26-20-9-11-23(12-10-20)35(30,31)27-13-15-34-16-14-27/h1-12,17H,13-16,18H2,(H,26,29). The number of benzene rings is 3. The minimum Gasteiger partial charge on any atom is -0.379 e. The fraction of sp³-hybridized carbons (Fsp3) is 0.208. The Hall–Kier alpha value is -2.96. The number of nitrogens with zero attached hydrogens (tertiary/aromatic N) is 2. The molecule has 3 aromatic rings. The zero-order valence-electron chi connectivity index (χ0n) is 19.1. The van der Waals surface area contributed by atoms with Gasteiger partial charge < -0.3 is 10.1 Å². The molecular formula is C24H24ClN3O6S2. The largest absolute Gasteiger partial charge is 0.379 e. The van der Waals surface area contributed by atoms with E-state index in [2.05, 4.69) is 5.32 Å². The van der Waals surface area contributed by atoms with E-state index in [-0.39, 0.29) is 28.6 Å². The monoisotopic (exact) mass is 549 g/mol. The molecule has 0 aliphatic carbocycles. The molecule has 36 heavy (non-hydrogen) atoms. The number of hydrogen-bond donors (Lipinski definition) is 1. The molecule has 1 aliphatic rings. The van der Waals surface area contributed by atoms with Crippen LogP contribution in [-0.2, 0) is 29.6 Å². The minimum atomic E-state index is -4.08. The van der Waals surface area contributed by atoms with E-state index in [1.165, 1.54) is 46.8 Å². The number of morpholine rings is 1. The van der Waals surface area contributed by atoms with E-state index in [1.54, 1.807) is 36.4 Å². The predicted molar refractivity (Wildman–Crippen MR) is 137 cm³/mol. The van der Waals surface area contributed by atoms with Crippen LogP contribution in [0.5, 0.6) is 0 Å². The van der Waals surface area contributed by atoms with Crippen LogP contribution in [-0.4, -0.2) is 59.9 Å². The van der Waals surface area contributed by atoms with Gasteiger partial charge in [0.1, 0.15) is 6.54 Å². The van der Waals surface area contributed by atoms with E-state index in [9.17, 15) is 21.6 Å². The highest BCUT2D eigenvalue weighted by atomic mass is 35.5. The number of ether oxygens (including phenoxy) is 1. The fourth-order valence-corrected chi connectivity index (χ4v) is 6.67. The van der Waals surface area contributed by atoms with Gasteiger partial charge in [0, 0.05) is 23.8 Å². The van der Waals surface area contributed by atoms with Crippen LogP contribution >= 0.6 is 11.6 Å². The van der Waals surface area contributed by atoms with Crippen LogP contribution in [0.25, 0.3) is 0 Å². The van der Waals surface area contributed by atoms with Crippen LogP contribution in [0.3, 0.4) is 0 Å². The van der Waals surface area contributed by atoms with Crippen molar-refractivity contribution in [2.75, 3.05) is 42.5 Å². The smallest absolute Gasteiger partial charge is 0.264 e. The summed E-state index contributed by atoms with van der Waals surface area (Å²) in [5.74, 6) is -0.613. The summed E-state index contributed by atoms with van der Waals surface area (Å²) in [6.45, 7) is 0.697. The maximum absolute atomic E-state index is 13.4. The number of carbonyl (C=O) groups is 1. The number of halogens is 1. The van der Waals surface area contributed by atoms with Crippen LogP contribution < -0.4 is 9.62 Å². The van der Waals surface area contributed by atoms with Gasteiger partial charge in [0.05, 0.1) is 28.7 Å². The third-order valence-electron chi connectivity index (χ3n) is 5.46. The van der Waals surface area contributed by atoms with Crippen LogP contribution in [0.1, 0.15) is 0 Å². The van der Waals surface area contributed by atoms with Gasteiger partial charge in [0.2, 0.25) is 15.9 Å². The van der Waals surface area contributed by atoms with Gasteiger partial charge in [-0.25, -0.2) is 16.8 Å². The van der Waals surface area contributed by atoms with Crippen molar-refractivity contribution in [2.24, 2.45) is 0 Å². The molecule has 1 heterocycles. The van der Waals surface area contributed by atoms with Gasteiger partial charge in [0.15, 0.2) is 0 Å². The summed E-state index contributed by atoms with van der Waals surface area (Å²) in [6.07, 6.45) is 0. The first-order valence-electron chi connectivity index (χ1n) is 11.0. The lowest BCUT2D eigenvalue weighted by atomic mass is 10.3. The summed E-state index contributed by atoms with van der Waals surface area (Å²) in [5.41, 5.74) is 0.553. The van der Waals surface area contributed by atoms with E-state index < -0.39 is 32.5 Å². The van der Waals surface area contributed by atoms with Gasteiger partial charge in [-0.1, -0.05) is 35.9 Å². The molecule has 0 radical (unpaired) electrons. The van der Waals surface area contributed by atoms with Crippen LogP contribution in [0, 0.1) is 0 Å². The van der Waals surface area contributed by atoms with Crippen LogP contribution in [0.2, 0.25) is 5.02 Å². The first-order chi connectivity index (χ1) is 17.2. The van der Waals surface area contributed by atoms with Gasteiger partial charge in [0.25, 0.3) is 10.0 Å². The van der Waals surface area contributed by atoms with Gasteiger partial charge in [-0.15, -0.1) is 0 Å². The van der Waals surface area contributed by atoms with Crippen molar-refractivity contribution in [3.63, 3.8) is 0 Å². The Morgan fingerprint density at radius 1 is 0.889 bits per heavy atom. The summed E-state index contributed by atoms with van der Waals surface area (Å²) >= 11 is 6.08. The van der Waals surface area contributed by atoms with Crippen molar-refractivity contribution in [2.45, 2.75) is 9.79 Å². The topological polar surface area (TPSA) is 113 Å². The highest BCUT2D eigenvalue weighted by Crippen LogP contribution is 2.26. The Kier molecular flexibility index (Phi) is 7.96. The van der Waals surface area contributed by atoms with Gasteiger partial charge >= 0.3 is 0 Å². The molecule has 0 atom stereocenters. The third-order valence-corrected chi connectivity index (χ3v) is 9.40. The minimum absolute atomic E-state index is 0.0236. The molecule has 1 saturated heterocycles. The SMILES string of the molecule is O=C(CN(c1cccc(Cl)c1)S(=O)(=O)c1ccccc1)Nc1ccc(S(=O)(=O)N2CCOCC2)cc1. The number of hydrogen-bond acceptors (Lipinski definition) is 6. The molecule has 12 heteroatoms. The molecule has 0 bridgehead atoms. The van der Waals surface area contributed by atoms with E-state index in [0.29, 0.717) is 23.9 Å². The van der Waals surface area contributed by atoms with Gasteiger partial charge in [-0.3, -0.25) is 9.10 Å². The predicted octanol–water partition coefficient (Wildman–Crippen LogP) is 3.19. The summed E-state index contributed by atoms with van der Waals surface area (Å²) in [6, 6.07) is 19.7. The number of sulfonamides is 2. The van der Waals surface area contributed by atoms with Crippen molar-refractivity contribution in [1.29, 1.82) is 0 Å². The zero-order valence-corrected chi connectivity index (χ0v) is 21.5. The van der Waals surface area contributed by atoms with Crippen molar-refractivity contribution in [1.82, 2.24) is 4.31 Å². The molecule has 9 nitrogen and oxygen atoms in total. The molecule has 0 saturated carbocycles. The lowest BCUT2D eigenvalue weighted by molar-refractivity contribution is -0.114. The number of nitrogens with one attached hydrogen (secondary N) is 1. The molecule has 1 fully saturated rings. The summed E-state index contributed by atoms with van der Waals surface area (Å²) in [5, 5.41) is 2.95. The van der Waals surface area contributed by atoms with Crippen molar-refractivity contribution >= 4 is 48.9 Å². The second kappa shape index (κ2) is 11.0. The summed E-state index contributed by atoms with van der Waals surface area (Å²) in [4.78, 5) is 13.0. The van der Waals surface area contributed by atoms with E-state index in [0.717, 1.165) is 4.31 Å². The highest BCUT2D eigenvalue weighted by Gasteiger charge is 2.28. The zero-order chi connectivity index (χ0) is 25.8.